The standard InChI is InChI=1S/C16H18N2O3/c19-15-2-1-9-18(15)14-5-3-12(4-6-14)13-7-10-17(11-8-13)16(20)21/h3-7H,1-2,8-11H2,(H,20,21). The quantitative estimate of drug-likeness (QED) is 0.909. The van der Waals surface area contributed by atoms with Gasteiger partial charge in [0, 0.05) is 31.7 Å². The molecule has 0 aromatic heterocycles. The summed E-state index contributed by atoms with van der Waals surface area (Å²) in [6.45, 7) is 1.78. The second-order valence-electron chi connectivity index (χ2n) is 5.40. The van der Waals surface area contributed by atoms with Crippen molar-refractivity contribution in [1.29, 1.82) is 0 Å². The molecule has 1 aromatic rings. The fourth-order valence-corrected chi connectivity index (χ4v) is 2.88. The molecule has 2 aliphatic heterocycles. The SMILES string of the molecule is O=C(O)N1CC=C(c2ccc(N3CCCC3=O)cc2)CC1. The monoisotopic (exact) mass is 286 g/mol. The average Bonchev–Trinajstić information content (AvgIpc) is 2.94. The summed E-state index contributed by atoms with van der Waals surface area (Å²) >= 11 is 0. The van der Waals surface area contributed by atoms with E-state index in [1.807, 2.05) is 35.2 Å². The van der Waals surface area contributed by atoms with Gasteiger partial charge in [0.15, 0.2) is 0 Å². The Hall–Kier alpha value is -2.30. The number of benzene rings is 1. The summed E-state index contributed by atoms with van der Waals surface area (Å²) < 4.78 is 0. The van der Waals surface area contributed by atoms with E-state index >= 15 is 0 Å². The van der Waals surface area contributed by atoms with Gasteiger partial charge in [0.2, 0.25) is 5.91 Å². The molecule has 5 heteroatoms. The van der Waals surface area contributed by atoms with Gasteiger partial charge >= 0.3 is 6.09 Å². The summed E-state index contributed by atoms with van der Waals surface area (Å²) in [6, 6.07) is 7.98. The maximum Gasteiger partial charge on any atom is 0.407 e. The molecule has 0 aliphatic carbocycles. The summed E-state index contributed by atoms with van der Waals surface area (Å²) in [5.74, 6) is 0.191. The second kappa shape index (κ2) is 5.60. The highest BCUT2D eigenvalue weighted by molar-refractivity contribution is 5.95. The Morgan fingerprint density at radius 2 is 1.86 bits per heavy atom. The molecule has 1 fully saturated rings. The van der Waals surface area contributed by atoms with Crippen LogP contribution < -0.4 is 4.90 Å². The Kier molecular flexibility index (Phi) is 3.64. The first-order valence-corrected chi connectivity index (χ1v) is 7.23. The van der Waals surface area contributed by atoms with Crippen molar-refractivity contribution in [2.45, 2.75) is 19.3 Å². The molecule has 1 saturated heterocycles. The van der Waals surface area contributed by atoms with Crippen LogP contribution in [0.25, 0.3) is 5.57 Å². The van der Waals surface area contributed by atoms with Crippen LogP contribution in [0.3, 0.4) is 0 Å². The number of hydrogen-bond acceptors (Lipinski definition) is 2. The van der Waals surface area contributed by atoms with E-state index in [9.17, 15) is 9.59 Å². The minimum atomic E-state index is -0.867. The van der Waals surface area contributed by atoms with Gasteiger partial charge in [-0.3, -0.25) is 4.79 Å². The van der Waals surface area contributed by atoms with Gasteiger partial charge in [0.25, 0.3) is 0 Å². The molecule has 0 saturated carbocycles. The predicted octanol–water partition coefficient (Wildman–Crippen LogP) is 2.58. The van der Waals surface area contributed by atoms with Crippen molar-refractivity contribution in [3.05, 3.63) is 35.9 Å². The lowest BCUT2D eigenvalue weighted by molar-refractivity contribution is -0.117. The lowest BCUT2D eigenvalue weighted by Gasteiger charge is -2.24. The molecule has 21 heavy (non-hydrogen) atoms. The average molecular weight is 286 g/mol. The van der Waals surface area contributed by atoms with Crippen molar-refractivity contribution in [1.82, 2.24) is 4.90 Å². The molecule has 2 heterocycles. The fourth-order valence-electron chi connectivity index (χ4n) is 2.88. The molecular weight excluding hydrogens is 268 g/mol. The van der Waals surface area contributed by atoms with E-state index < -0.39 is 6.09 Å². The van der Waals surface area contributed by atoms with Crippen LogP contribution in [0.15, 0.2) is 30.3 Å². The number of carboxylic acid groups (broad SMARTS) is 1. The van der Waals surface area contributed by atoms with E-state index in [0.29, 0.717) is 19.5 Å². The zero-order valence-corrected chi connectivity index (χ0v) is 11.8. The lowest BCUT2D eigenvalue weighted by atomic mass is 9.99. The molecule has 5 nitrogen and oxygen atoms in total. The molecule has 0 spiro atoms. The van der Waals surface area contributed by atoms with Crippen LogP contribution in [0.4, 0.5) is 10.5 Å². The predicted molar refractivity (Wildman–Crippen MR) is 80.2 cm³/mol. The van der Waals surface area contributed by atoms with Gasteiger partial charge in [-0.05, 0) is 36.1 Å². The Morgan fingerprint density at radius 3 is 2.38 bits per heavy atom. The fraction of sp³-hybridized carbons (Fsp3) is 0.375. The third-order valence-corrected chi connectivity index (χ3v) is 4.10. The van der Waals surface area contributed by atoms with Crippen molar-refractivity contribution in [2.75, 3.05) is 24.5 Å². The number of carbonyl (C=O) groups is 2. The summed E-state index contributed by atoms with van der Waals surface area (Å²) in [4.78, 5) is 25.8. The van der Waals surface area contributed by atoms with Crippen molar-refractivity contribution < 1.29 is 14.7 Å². The van der Waals surface area contributed by atoms with Gasteiger partial charge < -0.3 is 14.9 Å². The molecule has 1 N–H and O–H groups in total. The van der Waals surface area contributed by atoms with Crippen LogP contribution in [0.2, 0.25) is 0 Å². The number of hydrogen-bond donors (Lipinski definition) is 1. The molecular formula is C16H18N2O3. The highest BCUT2D eigenvalue weighted by Gasteiger charge is 2.22. The summed E-state index contributed by atoms with van der Waals surface area (Å²) in [5, 5.41) is 8.94. The molecule has 2 aliphatic rings. The first-order chi connectivity index (χ1) is 10.1. The molecule has 0 unspecified atom stereocenters. The van der Waals surface area contributed by atoms with Crippen LogP contribution in [0.5, 0.6) is 0 Å². The van der Waals surface area contributed by atoms with Gasteiger partial charge in [0.1, 0.15) is 0 Å². The molecule has 2 amide bonds. The zero-order chi connectivity index (χ0) is 14.8. The minimum Gasteiger partial charge on any atom is -0.465 e. The van der Waals surface area contributed by atoms with Crippen LogP contribution in [-0.4, -0.2) is 41.6 Å². The van der Waals surface area contributed by atoms with E-state index in [1.165, 1.54) is 10.5 Å². The second-order valence-corrected chi connectivity index (χ2v) is 5.40. The summed E-state index contributed by atoms with van der Waals surface area (Å²) in [7, 11) is 0. The Bertz CT molecular complexity index is 592. The highest BCUT2D eigenvalue weighted by Crippen LogP contribution is 2.26. The minimum absolute atomic E-state index is 0.191. The number of amides is 2. The maximum atomic E-state index is 11.7. The molecule has 110 valence electrons. The Balaban J connectivity index is 1.73. The van der Waals surface area contributed by atoms with Crippen LogP contribution >= 0.6 is 0 Å². The van der Waals surface area contributed by atoms with Crippen molar-refractivity contribution in [2.24, 2.45) is 0 Å². The van der Waals surface area contributed by atoms with Gasteiger partial charge in [-0.2, -0.15) is 0 Å². The smallest absolute Gasteiger partial charge is 0.407 e. The number of nitrogens with zero attached hydrogens (tertiary/aromatic N) is 2. The topological polar surface area (TPSA) is 60.9 Å². The lowest BCUT2D eigenvalue weighted by Crippen LogP contribution is -2.33. The van der Waals surface area contributed by atoms with Gasteiger partial charge in [-0.25, -0.2) is 4.79 Å². The van der Waals surface area contributed by atoms with Crippen LogP contribution in [0, 0.1) is 0 Å². The first-order valence-electron chi connectivity index (χ1n) is 7.23. The molecule has 0 radical (unpaired) electrons. The number of rotatable bonds is 2. The summed E-state index contributed by atoms with van der Waals surface area (Å²) in [6.07, 6.45) is 3.39. The molecule has 1 aromatic carbocycles. The van der Waals surface area contributed by atoms with E-state index in [1.54, 1.807) is 0 Å². The third-order valence-electron chi connectivity index (χ3n) is 4.10. The van der Waals surface area contributed by atoms with Gasteiger partial charge in [-0.1, -0.05) is 18.2 Å². The molecule has 0 atom stereocenters. The summed E-state index contributed by atoms with van der Waals surface area (Å²) in [5.41, 5.74) is 3.23. The number of carbonyl (C=O) groups excluding carboxylic acids is 1. The largest absolute Gasteiger partial charge is 0.465 e. The Morgan fingerprint density at radius 1 is 1.10 bits per heavy atom. The number of anilines is 1. The first kappa shape index (κ1) is 13.7. The van der Waals surface area contributed by atoms with Crippen LogP contribution in [-0.2, 0) is 4.79 Å². The van der Waals surface area contributed by atoms with Crippen molar-refractivity contribution in [3.63, 3.8) is 0 Å². The maximum absolute atomic E-state index is 11.7. The zero-order valence-electron chi connectivity index (χ0n) is 11.8. The molecule has 3 rings (SSSR count). The highest BCUT2D eigenvalue weighted by atomic mass is 16.4. The van der Waals surface area contributed by atoms with Gasteiger partial charge in [-0.15, -0.1) is 0 Å². The van der Waals surface area contributed by atoms with Crippen molar-refractivity contribution >= 4 is 23.3 Å². The van der Waals surface area contributed by atoms with Gasteiger partial charge in [0.05, 0.1) is 0 Å². The van der Waals surface area contributed by atoms with E-state index in [4.69, 9.17) is 5.11 Å². The molecule has 0 bridgehead atoms. The third kappa shape index (κ3) is 2.77. The van der Waals surface area contributed by atoms with E-state index in [0.717, 1.165) is 30.6 Å². The van der Waals surface area contributed by atoms with Crippen molar-refractivity contribution in [3.8, 4) is 0 Å². The Labute approximate surface area is 123 Å². The normalized spacial score (nSPS) is 18.9. The van der Waals surface area contributed by atoms with E-state index in [-0.39, 0.29) is 5.91 Å². The van der Waals surface area contributed by atoms with E-state index in [2.05, 4.69) is 0 Å². The van der Waals surface area contributed by atoms with Crippen LogP contribution in [0.1, 0.15) is 24.8 Å².